The number of carbonyl (C=O) groups excluding carboxylic acids is 2. The van der Waals surface area contributed by atoms with Gasteiger partial charge in [-0.2, -0.15) is 0 Å². The van der Waals surface area contributed by atoms with Crippen LogP contribution in [-0.4, -0.2) is 32.0 Å². The zero-order valence-corrected chi connectivity index (χ0v) is 12.3. The highest BCUT2D eigenvalue weighted by atomic mass is 19.1. The van der Waals surface area contributed by atoms with Crippen molar-refractivity contribution in [1.82, 2.24) is 0 Å². The molecule has 0 saturated heterocycles. The Morgan fingerprint density at radius 1 is 1.35 bits per heavy atom. The van der Waals surface area contributed by atoms with Crippen LogP contribution in [0.15, 0.2) is 24.3 Å². The van der Waals surface area contributed by atoms with Crippen molar-refractivity contribution >= 4 is 17.4 Å². The molecular weight excluding hydrogens is 261 g/mol. The van der Waals surface area contributed by atoms with Crippen molar-refractivity contribution in [2.45, 2.75) is 20.8 Å². The zero-order valence-electron chi connectivity index (χ0n) is 12.3. The summed E-state index contributed by atoms with van der Waals surface area (Å²) < 4.78 is 18.0. The number of halogens is 1. The van der Waals surface area contributed by atoms with Crippen LogP contribution in [0.5, 0.6) is 0 Å². The summed E-state index contributed by atoms with van der Waals surface area (Å²) >= 11 is 0. The van der Waals surface area contributed by atoms with E-state index in [9.17, 15) is 14.0 Å². The summed E-state index contributed by atoms with van der Waals surface area (Å²) in [4.78, 5) is 25.6. The van der Waals surface area contributed by atoms with E-state index in [4.69, 9.17) is 4.74 Å². The fraction of sp³-hybridized carbons (Fsp3) is 0.467. The lowest BCUT2D eigenvalue weighted by atomic mass is 9.88. The summed E-state index contributed by atoms with van der Waals surface area (Å²) in [5.74, 6) is -1.19. The molecule has 0 aliphatic heterocycles. The number of anilines is 1. The van der Waals surface area contributed by atoms with Gasteiger partial charge in [-0.1, -0.05) is 6.07 Å². The van der Waals surface area contributed by atoms with E-state index in [0.717, 1.165) is 0 Å². The van der Waals surface area contributed by atoms with Crippen LogP contribution in [0.2, 0.25) is 0 Å². The molecule has 0 unspecified atom stereocenters. The van der Waals surface area contributed by atoms with Crippen molar-refractivity contribution in [2.24, 2.45) is 5.41 Å². The number of esters is 1. The number of rotatable bonds is 6. The summed E-state index contributed by atoms with van der Waals surface area (Å²) in [5.41, 5.74) is -0.629. The summed E-state index contributed by atoms with van der Waals surface area (Å²) in [7, 11) is 1.67. The first kappa shape index (κ1) is 16.1. The molecule has 0 fully saturated rings. The van der Waals surface area contributed by atoms with Crippen LogP contribution in [0.25, 0.3) is 0 Å². The van der Waals surface area contributed by atoms with E-state index in [1.807, 2.05) is 0 Å². The molecule has 0 atom stereocenters. The third-order valence-electron chi connectivity index (χ3n) is 3.11. The SMILES string of the molecule is CCOC(=O)C(C)(C)C(=O)CN(C)c1cccc(F)c1. The molecule has 0 aromatic heterocycles. The van der Waals surface area contributed by atoms with E-state index in [0.29, 0.717) is 5.69 Å². The molecule has 1 aromatic carbocycles. The largest absolute Gasteiger partial charge is 0.465 e. The Kier molecular flexibility index (Phi) is 5.25. The van der Waals surface area contributed by atoms with Crippen LogP contribution < -0.4 is 4.90 Å². The van der Waals surface area contributed by atoms with Crippen molar-refractivity contribution in [3.05, 3.63) is 30.1 Å². The molecule has 0 N–H and O–H groups in total. The second-order valence-corrected chi connectivity index (χ2v) is 5.10. The van der Waals surface area contributed by atoms with Crippen LogP contribution in [0.4, 0.5) is 10.1 Å². The monoisotopic (exact) mass is 281 g/mol. The smallest absolute Gasteiger partial charge is 0.319 e. The number of nitrogens with zero attached hydrogens (tertiary/aromatic N) is 1. The van der Waals surface area contributed by atoms with E-state index < -0.39 is 11.4 Å². The summed E-state index contributed by atoms with van der Waals surface area (Å²) in [5, 5.41) is 0. The van der Waals surface area contributed by atoms with Gasteiger partial charge in [-0.15, -0.1) is 0 Å². The van der Waals surface area contributed by atoms with Gasteiger partial charge in [0.1, 0.15) is 11.2 Å². The standard InChI is InChI=1S/C15H20FNO3/c1-5-20-14(19)15(2,3)13(18)10-17(4)12-8-6-7-11(16)9-12/h6-9H,5,10H2,1-4H3. The molecule has 110 valence electrons. The summed E-state index contributed by atoms with van der Waals surface area (Å²) in [6.45, 7) is 5.00. The van der Waals surface area contributed by atoms with Crippen molar-refractivity contribution in [3.8, 4) is 0 Å². The molecular formula is C15H20FNO3. The first-order valence-electron chi connectivity index (χ1n) is 6.46. The van der Waals surface area contributed by atoms with Crippen LogP contribution in [0.3, 0.4) is 0 Å². The lowest BCUT2D eigenvalue weighted by Gasteiger charge is -2.25. The van der Waals surface area contributed by atoms with Gasteiger partial charge in [0.25, 0.3) is 0 Å². The van der Waals surface area contributed by atoms with E-state index in [2.05, 4.69) is 0 Å². The molecule has 4 nitrogen and oxygen atoms in total. The fourth-order valence-corrected chi connectivity index (χ4v) is 1.64. The highest BCUT2D eigenvalue weighted by Gasteiger charge is 2.37. The quantitative estimate of drug-likeness (QED) is 0.593. The molecule has 0 bridgehead atoms. The predicted molar refractivity (Wildman–Crippen MR) is 75.1 cm³/mol. The third kappa shape index (κ3) is 3.79. The number of benzene rings is 1. The minimum absolute atomic E-state index is 0.00919. The van der Waals surface area contributed by atoms with E-state index in [1.54, 1.807) is 31.0 Å². The molecule has 0 spiro atoms. The van der Waals surface area contributed by atoms with Crippen LogP contribution in [0.1, 0.15) is 20.8 Å². The van der Waals surface area contributed by atoms with Crippen molar-refractivity contribution < 1.29 is 18.7 Å². The first-order chi connectivity index (χ1) is 9.28. The second kappa shape index (κ2) is 6.50. The van der Waals surface area contributed by atoms with Gasteiger partial charge < -0.3 is 9.64 Å². The Labute approximate surface area is 118 Å². The Balaban J connectivity index is 2.77. The lowest BCUT2D eigenvalue weighted by molar-refractivity contribution is -0.157. The van der Waals surface area contributed by atoms with Crippen LogP contribution in [0, 0.1) is 11.2 Å². The van der Waals surface area contributed by atoms with Gasteiger partial charge in [0.2, 0.25) is 0 Å². The number of likely N-dealkylation sites (N-methyl/N-ethyl adjacent to an activating group) is 1. The van der Waals surface area contributed by atoms with Crippen LogP contribution >= 0.6 is 0 Å². The molecule has 0 saturated carbocycles. The Hall–Kier alpha value is -1.91. The van der Waals surface area contributed by atoms with Gasteiger partial charge in [0.15, 0.2) is 5.78 Å². The molecule has 0 aliphatic rings. The van der Waals surface area contributed by atoms with Crippen molar-refractivity contribution in [2.75, 3.05) is 25.1 Å². The predicted octanol–water partition coefficient (Wildman–Crippen LogP) is 2.42. The Morgan fingerprint density at radius 2 is 2.00 bits per heavy atom. The number of Topliss-reactive ketones (excluding diaryl/α,β-unsaturated/α-hetero) is 1. The normalized spacial score (nSPS) is 11.1. The second-order valence-electron chi connectivity index (χ2n) is 5.10. The van der Waals surface area contributed by atoms with Gasteiger partial charge in [-0.3, -0.25) is 9.59 Å². The first-order valence-corrected chi connectivity index (χ1v) is 6.46. The maximum Gasteiger partial charge on any atom is 0.319 e. The van der Waals surface area contributed by atoms with Gasteiger partial charge in [0, 0.05) is 12.7 Å². The van der Waals surface area contributed by atoms with E-state index in [-0.39, 0.29) is 24.8 Å². The van der Waals surface area contributed by atoms with Crippen LogP contribution in [-0.2, 0) is 14.3 Å². The molecule has 0 heterocycles. The summed E-state index contributed by atoms with van der Waals surface area (Å²) in [6.07, 6.45) is 0. The fourth-order valence-electron chi connectivity index (χ4n) is 1.64. The Bertz CT molecular complexity index is 500. The topological polar surface area (TPSA) is 46.6 Å². The maximum atomic E-state index is 13.1. The average Bonchev–Trinajstić information content (AvgIpc) is 2.38. The molecule has 0 aliphatic carbocycles. The Morgan fingerprint density at radius 3 is 2.55 bits per heavy atom. The highest BCUT2D eigenvalue weighted by Crippen LogP contribution is 2.21. The highest BCUT2D eigenvalue weighted by molar-refractivity contribution is 6.04. The third-order valence-corrected chi connectivity index (χ3v) is 3.11. The molecule has 20 heavy (non-hydrogen) atoms. The van der Waals surface area contributed by atoms with Gasteiger partial charge in [-0.25, -0.2) is 4.39 Å². The molecule has 1 rings (SSSR count). The van der Waals surface area contributed by atoms with Gasteiger partial charge in [0.05, 0.1) is 13.2 Å². The number of carbonyl (C=O) groups is 2. The number of hydrogen-bond acceptors (Lipinski definition) is 4. The number of hydrogen-bond donors (Lipinski definition) is 0. The molecule has 0 radical (unpaired) electrons. The van der Waals surface area contributed by atoms with Crippen molar-refractivity contribution in [1.29, 1.82) is 0 Å². The minimum atomic E-state index is -1.21. The number of ketones is 1. The van der Waals surface area contributed by atoms with Gasteiger partial charge in [-0.05, 0) is 39.0 Å². The molecule has 5 heteroatoms. The zero-order chi connectivity index (χ0) is 15.3. The van der Waals surface area contributed by atoms with Gasteiger partial charge >= 0.3 is 5.97 Å². The maximum absolute atomic E-state index is 13.1. The van der Waals surface area contributed by atoms with E-state index >= 15 is 0 Å². The lowest BCUT2D eigenvalue weighted by Crippen LogP contribution is -2.41. The van der Waals surface area contributed by atoms with Crippen molar-refractivity contribution in [3.63, 3.8) is 0 Å². The average molecular weight is 281 g/mol. The van der Waals surface area contributed by atoms with E-state index in [1.165, 1.54) is 26.0 Å². The molecule has 0 amide bonds. The molecule has 1 aromatic rings. The summed E-state index contributed by atoms with van der Waals surface area (Å²) in [6, 6.07) is 5.95. The number of ether oxygens (including phenoxy) is 1. The minimum Gasteiger partial charge on any atom is -0.465 e.